The van der Waals surface area contributed by atoms with Crippen molar-refractivity contribution in [1.29, 1.82) is 0 Å². The number of ether oxygens (including phenoxy) is 2. The standard InChI is InChI=1S/C16H26O2P.Li/c1-3-5-7-11-17-14-9-10-16(19)15(13-14)18-12-8-6-4-2;/h9-10,13,19H,3-8,11-12H2,1-2H3;/q-1;+1. The first-order valence-corrected chi connectivity index (χ1v) is 7.89. The maximum Gasteiger partial charge on any atom is 1.00 e. The Morgan fingerprint density at radius 1 is 0.900 bits per heavy atom. The molecule has 0 fully saturated rings. The first kappa shape index (κ1) is 19.8. The molecule has 1 aromatic carbocycles. The third kappa shape index (κ3) is 8.21. The van der Waals surface area contributed by atoms with Crippen molar-refractivity contribution >= 4 is 14.5 Å². The van der Waals surface area contributed by atoms with Crippen molar-refractivity contribution < 1.29 is 28.3 Å². The van der Waals surface area contributed by atoms with Crippen molar-refractivity contribution in [2.24, 2.45) is 0 Å². The zero-order valence-electron chi connectivity index (χ0n) is 13.2. The van der Waals surface area contributed by atoms with E-state index in [2.05, 4.69) is 23.1 Å². The van der Waals surface area contributed by atoms with E-state index < -0.39 is 0 Å². The second kappa shape index (κ2) is 12.6. The summed E-state index contributed by atoms with van der Waals surface area (Å²) < 4.78 is 11.5. The number of hydrogen-bond donors (Lipinski definition) is 0. The fraction of sp³-hybridized carbons (Fsp3) is 0.625. The topological polar surface area (TPSA) is 18.5 Å². The van der Waals surface area contributed by atoms with E-state index in [0.717, 1.165) is 42.9 Å². The molecule has 0 radical (unpaired) electrons. The van der Waals surface area contributed by atoms with E-state index in [0.29, 0.717) is 0 Å². The van der Waals surface area contributed by atoms with Gasteiger partial charge < -0.3 is 18.7 Å². The average molecular weight is 288 g/mol. The Balaban J connectivity index is 0.00000361. The van der Waals surface area contributed by atoms with Gasteiger partial charge in [0.05, 0.1) is 19.0 Å². The molecule has 1 aromatic rings. The minimum Gasteiger partial charge on any atom is -0.521 e. The predicted octanol–water partition coefficient (Wildman–Crippen LogP) is 1.60. The largest absolute Gasteiger partial charge is 1.00 e. The summed E-state index contributed by atoms with van der Waals surface area (Å²) in [7, 11) is 3.57. The minimum absolute atomic E-state index is 0. The number of rotatable bonds is 10. The van der Waals surface area contributed by atoms with E-state index in [4.69, 9.17) is 9.47 Å². The molecule has 4 heteroatoms. The van der Waals surface area contributed by atoms with E-state index in [1.54, 1.807) is 0 Å². The fourth-order valence-electron chi connectivity index (χ4n) is 1.79. The summed E-state index contributed by atoms with van der Waals surface area (Å²) in [5.74, 6) is 1.77. The van der Waals surface area contributed by atoms with Crippen molar-refractivity contribution in [3.63, 3.8) is 0 Å². The average Bonchev–Trinajstić information content (AvgIpc) is 2.42. The molecule has 0 atom stereocenters. The van der Waals surface area contributed by atoms with Crippen LogP contribution in [0.5, 0.6) is 11.5 Å². The van der Waals surface area contributed by atoms with Gasteiger partial charge in [-0.3, -0.25) is 0 Å². The summed E-state index contributed by atoms with van der Waals surface area (Å²) in [4.78, 5) is 0. The molecule has 0 bridgehead atoms. The normalized spacial score (nSPS) is 9.95. The van der Waals surface area contributed by atoms with Crippen molar-refractivity contribution in [2.75, 3.05) is 13.2 Å². The van der Waals surface area contributed by atoms with Crippen LogP contribution in [0.4, 0.5) is 0 Å². The molecule has 0 saturated heterocycles. The van der Waals surface area contributed by atoms with Gasteiger partial charge in [-0.25, -0.2) is 0 Å². The van der Waals surface area contributed by atoms with Crippen molar-refractivity contribution in [3.8, 4) is 11.5 Å². The van der Waals surface area contributed by atoms with Crippen LogP contribution in [0, 0.1) is 0 Å². The van der Waals surface area contributed by atoms with E-state index in [9.17, 15) is 0 Å². The van der Waals surface area contributed by atoms with Crippen LogP contribution >= 0.6 is 9.24 Å². The molecule has 0 aliphatic carbocycles. The second-order valence-corrected chi connectivity index (χ2v) is 5.31. The Hall–Kier alpha value is -0.153. The van der Waals surface area contributed by atoms with E-state index in [1.165, 1.54) is 25.7 Å². The van der Waals surface area contributed by atoms with Crippen molar-refractivity contribution in [3.05, 3.63) is 18.2 Å². The first-order valence-electron chi connectivity index (χ1n) is 7.39. The number of hydrogen-bond acceptors (Lipinski definition) is 2. The molecule has 0 unspecified atom stereocenters. The van der Waals surface area contributed by atoms with Crippen LogP contribution < -0.4 is 33.6 Å². The van der Waals surface area contributed by atoms with Crippen LogP contribution in [0.2, 0.25) is 0 Å². The van der Waals surface area contributed by atoms with Gasteiger partial charge in [0, 0.05) is 6.07 Å². The molecule has 20 heavy (non-hydrogen) atoms. The quantitative estimate of drug-likeness (QED) is 0.370. The maximum atomic E-state index is 5.78. The van der Waals surface area contributed by atoms with E-state index in [-0.39, 0.29) is 18.9 Å². The van der Waals surface area contributed by atoms with Crippen LogP contribution in [-0.4, -0.2) is 13.2 Å². The van der Waals surface area contributed by atoms with Gasteiger partial charge in [0.2, 0.25) is 0 Å². The Kier molecular flexibility index (Phi) is 12.5. The van der Waals surface area contributed by atoms with Gasteiger partial charge >= 0.3 is 18.9 Å². The van der Waals surface area contributed by atoms with Crippen LogP contribution in [0.1, 0.15) is 52.4 Å². The summed E-state index contributed by atoms with van der Waals surface area (Å²) in [5.41, 5.74) is 0. The summed E-state index contributed by atoms with van der Waals surface area (Å²) in [6.45, 7) is 5.94. The van der Waals surface area contributed by atoms with Gasteiger partial charge in [-0.2, -0.15) is 5.30 Å². The van der Waals surface area contributed by atoms with Crippen LogP contribution in [0.25, 0.3) is 0 Å². The van der Waals surface area contributed by atoms with Crippen LogP contribution in [-0.2, 0) is 0 Å². The summed E-state index contributed by atoms with van der Waals surface area (Å²) in [5, 5.41) is 0.984. The van der Waals surface area contributed by atoms with Gasteiger partial charge in [-0.05, 0) is 18.9 Å². The molecule has 0 amide bonds. The zero-order chi connectivity index (χ0) is 13.9. The second-order valence-electron chi connectivity index (χ2n) is 4.77. The molecule has 0 saturated carbocycles. The SMILES string of the molecule is CCCCCOc1ccc([PH-])c(OCCCCC)c1.[Li+]. The molecule has 0 aliphatic rings. The Bertz CT molecular complexity index is 358. The Labute approximate surface area is 138 Å². The third-order valence-corrected chi connectivity index (χ3v) is 3.39. The zero-order valence-corrected chi connectivity index (χ0v) is 14.2. The summed E-state index contributed by atoms with van der Waals surface area (Å²) in [6, 6.07) is 5.94. The van der Waals surface area contributed by atoms with Gasteiger partial charge in [-0.1, -0.05) is 45.6 Å². The monoisotopic (exact) mass is 288 g/mol. The maximum absolute atomic E-state index is 5.78. The van der Waals surface area contributed by atoms with Gasteiger partial charge in [0.15, 0.2) is 0 Å². The van der Waals surface area contributed by atoms with E-state index in [1.807, 2.05) is 18.2 Å². The number of benzene rings is 1. The van der Waals surface area contributed by atoms with Crippen LogP contribution in [0.3, 0.4) is 0 Å². The van der Waals surface area contributed by atoms with Gasteiger partial charge in [-0.15, -0.1) is 0 Å². The molecule has 0 aliphatic heterocycles. The van der Waals surface area contributed by atoms with Crippen LogP contribution in [0.15, 0.2) is 18.2 Å². The minimum atomic E-state index is 0. The molecule has 0 aromatic heterocycles. The molecule has 108 valence electrons. The molecule has 0 spiro atoms. The molecule has 0 N–H and O–H groups in total. The fourth-order valence-corrected chi connectivity index (χ4v) is 2.02. The van der Waals surface area contributed by atoms with Crippen molar-refractivity contribution in [1.82, 2.24) is 0 Å². The third-order valence-electron chi connectivity index (χ3n) is 2.98. The Morgan fingerprint density at radius 2 is 1.50 bits per heavy atom. The van der Waals surface area contributed by atoms with Gasteiger partial charge in [0.25, 0.3) is 0 Å². The summed E-state index contributed by atoms with van der Waals surface area (Å²) >= 11 is 0. The molecular formula is C16H26LiO2P. The van der Waals surface area contributed by atoms with Gasteiger partial charge in [0.1, 0.15) is 5.75 Å². The number of unbranched alkanes of at least 4 members (excludes halogenated alkanes) is 4. The predicted molar refractivity (Wildman–Crippen MR) is 84.4 cm³/mol. The molecule has 2 nitrogen and oxygen atoms in total. The summed E-state index contributed by atoms with van der Waals surface area (Å²) in [6.07, 6.45) is 7.07. The first-order chi connectivity index (χ1) is 9.27. The Morgan fingerprint density at radius 3 is 2.10 bits per heavy atom. The molecule has 1 rings (SSSR count). The van der Waals surface area contributed by atoms with Crippen molar-refractivity contribution in [2.45, 2.75) is 52.4 Å². The van der Waals surface area contributed by atoms with E-state index >= 15 is 0 Å². The molecule has 0 heterocycles. The molecular weight excluding hydrogens is 262 g/mol. The smallest absolute Gasteiger partial charge is 0.521 e.